The van der Waals surface area contributed by atoms with E-state index in [0.717, 1.165) is 42.6 Å². The molecule has 1 amide bonds. The van der Waals surface area contributed by atoms with Crippen LogP contribution < -0.4 is 5.43 Å². The summed E-state index contributed by atoms with van der Waals surface area (Å²) in [7, 11) is 0. The Balaban J connectivity index is 1.55. The molecule has 0 fully saturated rings. The molecule has 1 unspecified atom stereocenters. The number of amides is 1. The van der Waals surface area contributed by atoms with Crippen molar-refractivity contribution in [3.8, 4) is 0 Å². The molecular formula is C28H32N3O+. The third-order valence-corrected chi connectivity index (χ3v) is 6.17. The van der Waals surface area contributed by atoms with Crippen LogP contribution in [0, 0.1) is 0 Å². The lowest BCUT2D eigenvalue weighted by Gasteiger charge is -2.25. The summed E-state index contributed by atoms with van der Waals surface area (Å²) in [5.41, 5.74) is 9.14. The van der Waals surface area contributed by atoms with Crippen LogP contribution in [0.15, 0.2) is 79.1 Å². The highest BCUT2D eigenvalue weighted by Crippen LogP contribution is 2.34. The summed E-state index contributed by atoms with van der Waals surface area (Å²) in [6.45, 7) is 2.86. The highest BCUT2D eigenvalue weighted by atomic mass is 16.2. The Bertz CT molecular complexity index is 1020. The second-order valence-corrected chi connectivity index (χ2v) is 8.47. The van der Waals surface area contributed by atoms with Gasteiger partial charge in [0.25, 0.3) is 5.91 Å². The molecule has 4 rings (SSSR count). The molecule has 0 spiro atoms. The third-order valence-electron chi connectivity index (χ3n) is 6.17. The van der Waals surface area contributed by atoms with Gasteiger partial charge in [-0.2, -0.15) is 0 Å². The summed E-state index contributed by atoms with van der Waals surface area (Å²) < 4.78 is 2.00. The maximum absolute atomic E-state index is 13.1. The fraction of sp³-hybridized carbons (Fsp3) is 0.321. The van der Waals surface area contributed by atoms with Crippen molar-refractivity contribution in [1.29, 1.82) is 0 Å². The Morgan fingerprint density at radius 1 is 1.03 bits per heavy atom. The highest BCUT2D eigenvalue weighted by Gasteiger charge is 2.24. The van der Waals surface area contributed by atoms with E-state index in [4.69, 9.17) is 0 Å². The topological polar surface area (TPSA) is 45.0 Å². The molecule has 164 valence electrons. The zero-order valence-electron chi connectivity index (χ0n) is 18.8. The van der Waals surface area contributed by atoms with Gasteiger partial charge in [0.2, 0.25) is 5.71 Å². The van der Waals surface area contributed by atoms with Gasteiger partial charge in [0.05, 0.1) is 5.56 Å². The normalized spacial score (nSPS) is 16.1. The van der Waals surface area contributed by atoms with Crippen LogP contribution in [0.2, 0.25) is 0 Å². The minimum atomic E-state index is 0.0684. The molecule has 1 heterocycles. The van der Waals surface area contributed by atoms with Gasteiger partial charge in [-0.15, -0.1) is 10.1 Å². The molecule has 0 bridgehead atoms. The Kier molecular flexibility index (Phi) is 7.44. The van der Waals surface area contributed by atoms with Gasteiger partial charge in [-0.05, 0) is 67.0 Å². The van der Waals surface area contributed by atoms with E-state index in [9.17, 15) is 4.79 Å². The van der Waals surface area contributed by atoms with Gasteiger partial charge < -0.3 is 0 Å². The zero-order valence-corrected chi connectivity index (χ0v) is 18.8. The maximum atomic E-state index is 13.1. The lowest BCUT2D eigenvalue weighted by atomic mass is 9.80. The highest BCUT2D eigenvalue weighted by molar-refractivity contribution is 6.09. The first-order valence-electron chi connectivity index (χ1n) is 11.7. The Labute approximate surface area is 191 Å². The van der Waals surface area contributed by atoms with Crippen molar-refractivity contribution in [3.05, 3.63) is 101 Å². The van der Waals surface area contributed by atoms with Gasteiger partial charge in [0.15, 0.2) is 6.54 Å². The lowest BCUT2D eigenvalue weighted by Crippen LogP contribution is -2.40. The number of carbonyl (C=O) groups excluding carboxylic acids is 1. The number of carbonyl (C=O) groups is 1. The van der Waals surface area contributed by atoms with Crippen molar-refractivity contribution in [2.45, 2.75) is 51.4 Å². The predicted octanol–water partition coefficient (Wildman–Crippen LogP) is 5.27. The number of hydrogen-bond acceptors (Lipinski definition) is 2. The Morgan fingerprint density at radius 2 is 1.81 bits per heavy atom. The number of fused-ring (bicyclic) bond motifs is 1. The fourth-order valence-corrected chi connectivity index (χ4v) is 4.69. The van der Waals surface area contributed by atoms with Crippen LogP contribution in [0.1, 0.15) is 67.2 Å². The van der Waals surface area contributed by atoms with Crippen LogP contribution in [0.25, 0.3) is 0 Å². The summed E-state index contributed by atoms with van der Waals surface area (Å²) in [5, 5.41) is 0. The molecule has 1 aliphatic carbocycles. The quantitative estimate of drug-likeness (QED) is 0.303. The van der Waals surface area contributed by atoms with Crippen LogP contribution in [0.5, 0.6) is 0 Å². The first-order chi connectivity index (χ1) is 15.8. The van der Waals surface area contributed by atoms with Gasteiger partial charge in [-0.1, -0.05) is 49.4 Å². The minimum absolute atomic E-state index is 0.0684. The molecule has 4 nitrogen and oxygen atoms in total. The van der Waals surface area contributed by atoms with E-state index in [-0.39, 0.29) is 5.91 Å². The number of nitrogens with zero attached hydrogens (tertiary/aromatic N) is 2. The van der Waals surface area contributed by atoms with E-state index in [2.05, 4.69) is 53.7 Å². The van der Waals surface area contributed by atoms with Crippen LogP contribution in [-0.4, -0.2) is 27.8 Å². The number of aromatic nitrogens is 1. The molecule has 1 aromatic heterocycles. The second kappa shape index (κ2) is 10.9. The molecule has 2 aromatic carbocycles. The number of hydrazone groups is 1. The molecule has 0 saturated heterocycles. The number of hydrazine groups is 1. The number of aryl methyl sites for hydroxylation is 1. The van der Waals surface area contributed by atoms with Crippen molar-refractivity contribution in [1.82, 2.24) is 10.4 Å². The summed E-state index contributed by atoms with van der Waals surface area (Å²) in [5.74, 6) is 0.542. The molecular weight excluding hydrogens is 394 g/mol. The van der Waals surface area contributed by atoms with Gasteiger partial charge in [-0.25, -0.2) is 0 Å². The summed E-state index contributed by atoms with van der Waals surface area (Å²) >= 11 is 0. The minimum Gasteiger partial charge on any atom is -0.269 e. The van der Waals surface area contributed by atoms with Gasteiger partial charge >= 0.3 is 0 Å². The average Bonchev–Trinajstić information content (AvgIpc) is 2.84. The number of nitrogens with one attached hydrogen (secondary N) is 1. The van der Waals surface area contributed by atoms with Gasteiger partial charge in [0, 0.05) is 30.8 Å². The summed E-state index contributed by atoms with van der Waals surface area (Å²) in [6, 6.07) is 22.9. The first-order valence-corrected chi connectivity index (χ1v) is 11.7. The number of pyridine rings is 1. The van der Waals surface area contributed by atoms with Crippen LogP contribution in [0.4, 0.5) is 0 Å². The summed E-state index contributed by atoms with van der Waals surface area (Å²) in [6.07, 6.45) is 9.49. The Morgan fingerprint density at radius 3 is 2.59 bits per heavy atom. The van der Waals surface area contributed by atoms with Gasteiger partial charge in [0.1, 0.15) is 0 Å². The van der Waals surface area contributed by atoms with Crippen molar-refractivity contribution >= 4 is 11.6 Å². The predicted molar refractivity (Wildman–Crippen MR) is 129 cm³/mol. The van der Waals surface area contributed by atoms with E-state index >= 15 is 0 Å². The molecule has 1 N–H and O–H groups in total. The van der Waals surface area contributed by atoms with Crippen LogP contribution in [-0.2, 0) is 11.2 Å². The molecule has 1 aliphatic rings. The average molecular weight is 427 g/mol. The SMILES string of the molecule is CCC[N+](NC(=O)CCC1CCCc2ccccc21)=C(c1ccccc1)c1cccnc1. The van der Waals surface area contributed by atoms with Crippen molar-refractivity contribution in [2.24, 2.45) is 0 Å². The van der Waals surface area contributed by atoms with E-state index in [1.165, 1.54) is 24.0 Å². The zero-order chi connectivity index (χ0) is 22.2. The fourth-order valence-electron chi connectivity index (χ4n) is 4.69. The van der Waals surface area contributed by atoms with E-state index in [0.29, 0.717) is 12.3 Å². The smallest absolute Gasteiger partial charge is 0.269 e. The van der Waals surface area contributed by atoms with E-state index in [1.807, 2.05) is 41.2 Å². The number of benzene rings is 2. The number of hydrogen-bond donors (Lipinski definition) is 1. The maximum Gasteiger partial charge on any atom is 0.274 e. The van der Waals surface area contributed by atoms with Crippen molar-refractivity contribution < 1.29 is 9.48 Å². The molecule has 0 aliphatic heterocycles. The molecule has 0 saturated carbocycles. The van der Waals surface area contributed by atoms with Crippen LogP contribution >= 0.6 is 0 Å². The standard InChI is InChI=1S/C28H31N3O/c1-2-20-31(28(24-11-4-3-5-12-24)25-15-9-19-29-21-25)30-27(32)18-17-23-14-8-13-22-10-6-7-16-26(22)23/h3-7,9-12,15-16,19,21,23H,2,8,13-14,17-18,20H2,1H3/p+1. The first kappa shape index (κ1) is 21.9. The molecule has 3 aromatic rings. The largest absolute Gasteiger partial charge is 0.274 e. The van der Waals surface area contributed by atoms with Crippen LogP contribution in [0.3, 0.4) is 0 Å². The molecule has 1 atom stereocenters. The lowest BCUT2D eigenvalue weighted by molar-refractivity contribution is -0.573. The van der Waals surface area contributed by atoms with Crippen molar-refractivity contribution in [3.63, 3.8) is 0 Å². The van der Waals surface area contributed by atoms with Gasteiger partial charge in [-0.3, -0.25) is 9.78 Å². The van der Waals surface area contributed by atoms with Crippen molar-refractivity contribution in [2.75, 3.05) is 6.54 Å². The van der Waals surface area contributed by atoms with E-state index < -0.39 is 0 Å². The second-order valence-electron chi connectivity index (χ2n) is 8.47. The molecule has 0 radical (unpaired) electrons. The monoisotopic (exact) mass is 426 g/mol. The molecule has 32 heavy (non-hydrogen) atoms. The molecule has 4 heteroatoms. The van der Waals surface area contributed by atoms with E-state index in [1.54, 1.807) is 6.20 Å². The Hall–Kier alpha value is -3.27. The number of rotatable bonds is 8. The third kappa shape index (κ3) is 5.31. The summed E-state index contributed by atoms with van der Waals surface area (Å²) in [4.78, 5) is 17.4.